The van der Waals surface area contributed by atoms with Gasteiger partial charge in [0.2, 0.25) is 11.8 Å². The fourth-order valence-corrected chi connectivity index (χ4v) is 4.06. The lowest BCUT2D eigenvalue weighted by molar-refractivity contribution is -0.125. The second-order valence-electron chi connectivity index (χ2n) is 8.32. The van der Waals surface area contributed by atoms with Gasteiger partial charge in [0, 0.05) is 18.7 Å². The van der Waals surface area contributed by atoms with Crippen LogP contribution in [0.4, 0.5) is 11.4 Å². The molecule has 1 aliphatic heterocycles. The topological polar surface area (TPSA) is 70.7 Å². The van der Waals surface area contributed by atoms with Crippen molar-refractivity contribution in [1.29, 1.82) is 0 Å². The second-order valence-corrected chi connectivity index (χ2v) is 9.14. The highest BCUT2D eigenvalue weighted by molar-refractivity contribution is 6.42. The van der Waals surface area contributed by atoms with Crippen LogP contribution in [0.25, 0.3) is 0 Å². The molecule has 0 radical (unpaired) electrons. The van der Waals surface area contributed by atoms with Crippen LogP contribution in [-0.4, -0.2) is 18.4 Å². The lowest BCUT2D eigenvalue weighted by atomic mass is 10.1. The lowest BCUT2D eigenvalue weighted by Gasteiger charge is -2.18. The second kappa shape index (κ2) is 10.4. The summed E-state index contributed by atoms with van der Waals surface area (Å²) in [6, 6.07) is 18.5. The summed E-state index contributed by atoms with van der Waals surface area (Å²) in [7, 11) is 0. The van der Waals surface area contributed by atoms with Crippen LogP contribution in [0.1, 0.15) is 23.1 Å². The summed E-state index contributed by atoms with van der Waals surface area (Å²) in [6.45, 7) is 4.66. The summed E-state index contributed by atoms with van der Waals surface area (Å²) >= 11 is 12.0. The first kappa shape index (κ1) is 23.9. The third-order valence-electron chi connectivity index (χ3n) is 5.88. The predicted molar refractivity (Wildman–Crippen MR) is 135 cm³/mol. The van der Waals surface area contributed by atoms with Crippen molar-refractivity contribution < 1.29 is 14.3 Å². The van der Waals surface area contributed by atoms with Crippen LogP contribution < -0.4 is 20.5 Å². The van der Waals surface area contributed by atoms with E-state index in [1.165, 1.54) is 0 Å². The van der Waals surface area contributed by atoms with Crippen molar-refractivity contribution in [2.75, 3.05) is 16.9 Å². The highest BCUT2D eigenvalue weighted by Gasteiger charge is 2.35. The molecule has 0 unspecified atom stereocenters. The molecule has 34 heavy (non-hydrogen) atoms. The van der Waals surface area contributed by atoms with E-state index in [-0.39, 0.29) is 24.8 Å². The zero-order valence-corrected chi connectivity index (χ0v) is 20.4. The van der Waals surface area contributed by atoms with E-state index in [1.807, 2.05) is 50.2 Å². The fraction of sp³-hybridized carbons (Fsp3) is 0.231. The summed E-state index contributed by atoms with van der Waals surface area (Å²) < 4.78 is 5.91. The number of nitrogens with one attached hydrogen (secondary N) is 2. The quantitative estimate of drug-likeness (QED) is 0.411. The Morgan fingerprint density at radius 3 is 2.59 bits per heavy atom. The van der Waals surface area contributed by atoms with Crippen LogP contribution in [0.5, 0.6) is 5.75 Å². The van der Waals surface area contributed by atoms with Crippen molar-refractivity contribution >= 4 is 46.4 Å². The molecule has 0 bridgehead atoms. The molecule has 0 saturated carbocycles. The zero-order chi connectivity index (χ0) is 24.2. The van der Waals surface area contributed by atoms with Crippen LogP contribution >= 0.6 is 23.2 Å². The predicted octanol–water partition coefficient (Wildman–Crippen LogP) is 5.69. The number of hydrogen-bond acceptors (Lipinski definition) is 4. The molecule has 0 spiro atoms. The highest BCUT2D eigenvalue weighted by atomic mass is 35.5. The highest BCUT2D eigenvalue weighted by Crippen LogP contribution is 2.28. The average Bonchev–Trinajstić information content (AvgIpc) is 3.22. The van der Waals surface area contributed by atoms with E-state index >= 15 is 0 Å². The molecule has 4 rings (SSSR count). The lowest BCUT2D eigenvalue weighted by Crippen LogP contribution is -2.36. The summed E-state index contributed by atoms with van der Waals surface area (Å²) in [5, 5.41) is 0.944. The Kier molecular flexibility index (Phi) is 7.29. The Balaban J connectivity index is 1.36. The van der Waals surface area contributed by atoms with Crippen molar-refractivity contribution in [3.8, 4) is 5.75 Å². The Labute approximate surface area is 208 Å². The van der Waals surface area contributed by atoms with Gasteiger partial charge in [-0.1, -0.05) is 47.5 Å². The van der Waals surface area contributed by atoms with E-state index in [0.29, 0.717) is 28.0 Å². The van der Waals surface area contributed by atoms with Crippen molar-refractivity contribution in [3.05, 3.63) is 87.4 Å². The number of ether oxygens (including phenoxy) is 1. The van der Waals surface area contributed by atoms with Gasteiger partial charge in [-0.05, 0) is 66.9 Å². The molecular formula is C26H25Cl2N3O3. The van der Waals surface area contributed by atoms with Gasteiger partial charge < -0.3 is 9.64 Å². The van der Waals surface area contributed by atoms with Gasteiger partial charge in [0.05, 0.1) is 21.7 Å². The molecular weight excluding hydrogens is 473 g/mol. The van der Waals surface area contributed by atoms with Gasteiger partial charge in [-0.25, -0.2) is 0 Å². The van der Waals surface area contributed by atoms with Crippen molar-refractivity contribution in [2.45, 2.75) is 26.9 Å². The molecule has 1 aliphatic rings. The van der Waals surface area contributed by atoms with Gasteiger partial charge in [0.25, 0.3) is 0 Å². The molecule has 1 fully saturated rings. The molecule has 1 heterocycles. The number of carbonyl (C=O) groups is 2. The van der Waals surface area contributed by atoms with Gasteiger partial charge in [-0.2, -0.15) is 0 Å². The zero-order valence-electron chi connectivity index (χ0n) is 18.9. The number of rotatable bonds is 7. The van der Waals surface area contributed by atoms with Crippen LogP contribution in [0.15, 0.2) is 60.7 Å². The maximum absolute atomic E-state index is 12.8. The molecule has 0 aliphatic carbocycles. The van der Waals surface area contributed by atoms with E-state index in [1.54, 1.807) is 29.2 Å². The number of carbonyl (C=O) groups excluding carboxylic acids is 2. The number of anilines is 2. The number of para-hydroxylation sites is 2. The Bertz CT molecular complexity index is 1230. The van der Waals surface area contributed by atoms with Gasteiger partial charge in [0.1, 0.15) is 12.4 Å². The number of hydrogen-bond donors (Lipinski definition) is 2. The number of hydrazine groups is 1. The monoisotopic (exact) mass is 497 g/mol. The molecule has 1 atom stereocenters. The molecule has 176 valence electrons. The molecule has 2 N–H and O–H groups in total. The standard InChI is InChI=1S/C26H25Cl2N3O3/c1-16-7-9-20(11-17(16)2)31-14-19(13-25(31)32)26(33)30-29-23-5-3-4-6-24(23)34-15-18-8-10-21(27)22(28)12-18/h3-12,19,29H,13-15H2,1-2H3,(H,30,33)/t19-/m1/s1. The summed E-state index contributed by atoms with van der Waals surface area (Å²) in [5.41, 5.74) is 10.2. The van der Waals surface area contributed by atoms with Gasteiger partial charge in [-0.15, -0.1) is 0 Å². The van der Waals surface area contributed by atoms with Crippen molar-refractivity contribution in [1.82, 2.24) is 5.43 Å². The smallest absolute Gasteiger partial charge is 0.243 e. The minimum atomic E-state index is -0.453. The van der Waals surface area contributed by atoms with E-state index in [0.717, 1.165) is 22.4 Å². The fourth-order valence-electron chi connectivity index (χ4n) is 3.74. The van der Waals surface area contributed by atoms with E-state index in [4.69, 9.17) is 27.9 Å². The van der Waals surface area contributed by atoms with Crippen molar-refractivity contribution in [3.63, 3.8) is 0 Å². The molecule has 6 nitrogen and oxygen atoms in total. The first-order valence-electron chi connectivity index (χ1n) is 10.9. The number of benzene rings is 3. The summed E-state index contributed by atoms with van der Waals surface area (Å²) in [6.07, 6.45) is 0.163. The first-order chi connectivity index (χ1) is 16.3. The number of amides is 2. The molecule has 3 aromatic rings. The Morgan fingerprint density at radius 1 is 1.03 bits per heavy atom. The number of halogens is 2. The summed E-state index contributed by atoms with van der Waals surface area (Å²) in [4.78, 5) is 27.0. The maximum atomic E-state index is 12.8. The van der Waals surface area contributed by atoms with Gasteiger partial charge in [0.15, 0.2) is 0 Å². The first-order valence-corrected chi connectivity index (χ1v) is 11.7. The van der Waals surface area contributed by atoms with Gasteiger partial charge in [-0.3, -0.25) is 20.4 Å². The normalized spacial score (nSPS) is 15.4. The third-order valence-corrected chi connectivity index (χ3v) is 6.62. The third kappa shape index (κ3) is 5.46. The van der Waals surface area contributed by atoms with Crippen LogP contribution in [-0.2, 0) is 16.2 Å². The Morgan fingerprint density at radius 2 is 1.82 bits per heavy atom. The molecule has 2 amide bonds. The molecule has 1 saturated heterocycles. The van der Waals surface area contributed by atoms with Crippen LogP contribution in [0, 0.1) is 19.8 Å². The van der Waals surface area contributed by atoms with Gasteiger partial charge >= 0.3 is 0 Å². The van der Waals surface area contributed by atoms with E-state index in [9.17, 15) is 9.59 Å². The average molecular weight is 498 g/mol. The van der Waals surface area contributed by atoms with E-state index < -0.39 is 5.92 Å². The number of aryl methyl sites for hydroxylation is 2. The summed E-state index contributed by atoms with van der Waals surface area (Å²) in [5.74, 6) is -0.202. The molecule has 8 heteroatoms. The largest absolute Gasteiger partial charge is 0.487 e. The Hall–Kier alpha value is -3.22. The molecule has 0 aromatic heterocycles. The van der Waals surface area contributed by atoms with Crippen molar-refractivity contribution in [2.24, 2.45) is 5.92 Å². The number of nitrogens with zero attached hydrogens (tertiary/aromatic N) is 1. The van der Waals surface area contributed by atoms with Crippen LogP contribution in [0.2, 0.25) is 10.0 Å². The van der Waals surface area contributed by atoms with E-state index in [2.05, 4.69) is 10.9 Å². The molecule has 3 aromatic carbocycles. The minimum absolute atomic E-state index is 0.0613. The SMILES string of the molecule is Cc1ccc(N2C[C@H](C(=O)NNc3ccccc3OCc3ccc(Cl)c(Cl)c3)CC2=O)cc1C. The maximum Gasteiger partial charge on any atom is 0.243 e. The van der Waals surface area contributed by atoms with Crippen LogP contribution in [0.3, 0.4) is 0 Å². The minimum Gasteiger partial charge on any atom is -0.487 e.